The largest absolute Gasteiger partial charge is 0.332 e. The second-order valence-corrected chi connectivity index (χ2v) is 8.78. The van der Waals surface area contributed by atoms with E-state index in [2.05, 4.69) is 5.32 Å². The zero-order valence-corrected chi connectivity index (χ0v) is 18.4. The Kier molecular flexibility index (Phi) is 6.23. The molecule has 0 aliphatic carbocycles. The lowest BCUT2D eigenvalue weighted by molar-refractivity contribution is -0.112. The van der Waals surface area contributed by atoms with Gasteiger partial charge in [-0.2, -0.15) is 0 Å². The molecule has 0 aromatic heterocycles. The van der Waals surface area contributed by atoms with Crippen molar-refractivity contribution in [1.82, 2.24) is 4.90 Å². The van der Waals surface area contributed by atoms with Crippen molar-refractivity contribution < 1.29 is 9.59 Å². The van der Waals surface area contributed by atoms with E-state index in [9.17, 15) is 9.59 Å². The standard InChI is InChI=1S/C26H24N2O2S/c1-18(2)28(17-20-11-7-4-8-12-20)26(30)21-13-14-23-22(16-21)27-25(29)24(31-23)15-19-9-5-3-6-10-19/h3-16,18H,17H2,1-2H3,(H,27,29)/b24-15-. The van der Waals surface area contributed by atoms with Crippen LogP contribution in [0.25, 0.3) is 6.08 Å². The van der Waals surface area contributed by atoms with Gasteiger partial charge < -0.3 is 10.2 Å². The molecular formula is C26H24N2O2S. The van der Waals surface area contributed by atoms with Gasteiger partial charge in [-0.1, -0.05) is 72.4 Å². The summed E-state index contributed by atoms with van der Waals surface area (Å²) >= 11 is 1.42. The fourth-order valence-electron chi connectivity index (χ4n) is 3.43. The molecule has 0 spiro atoms. The minimum Gasteiger partial charge on any atom is -0.332 e. The summed E-state index contributed by atoms with van der Waals surface area (Å²) in [4.78, 5) is 29.3. The van der Waals surface area contributed by atoms with Crippen molar-refractivity contribution >= 4 is 35.3 Å². The molecule has 3 aromatic rings. The molecule has 1 aliphatic rings. The van der Waals surface area contributed by atoms with Crippen LogP contribution in [0.4, 0.5) is 5.69 Å². The third-order valence-corrected chi connectivity index (χ3v) is 6.19. The molecule has 31 heavy (non-hydrogen) atoms. The van der Waals surface area contributed by atoms with Crippen LogP contribution in [-0.2, 0) is 11.3 Å². The summed E-state index contributed by atoms with van der Waals surface area (Å²) in [5.41, 5.74) is 3.31. The average Bonchev–Trinajstić information content (AvgIpc) is 2.78. The SMILES string of the molecule is CC(C)N(Cc1ccccc1)C(=O)c1ccc2c(c1)NC(=O)/C(=C/c1ccccc1)S2. The summed E-state index contributed by atoms with van der Waals surface area (Å²) in [6, 6.07) is 25.3. The van der Waals surface area contributed by atoms with E-state index in [0.717, 1.165) is 16.0 Å². The number of benzene rings is 3. The minimum atomic E-state index is -0.157. The van der Waals surface area contributed by atoms with Crippen molar-refractivity contribution in [2.75, 3.05) is 5.32 Å². The first kappa shape index (κ1) is 20.9. The summed E-state index contributed by atoms with van der Waals surface area (Å²) in [5.74, 6) is -0.206. The number of carbonyl (C=O) groups is 2. The fourth-order valence-corrected chi connectivity index (χ4v) is 4.36. The summed E-state index contributed by atoms with van der Waals surface area (Å²) in [7, 11) is 0. The monoisotopic (exact) mass is 428 g/mol. The third-order valence-electron chi connectivity index (χ3n) is 5.10. The van der Waals surface area contributed by atoms with Crippen molar-refractivity contribution in [3.63, 3.8) is 0 Å². The molecule has 4 rings (SSSR count). The number of hydrogen-bond acceptors (Lipinski definition) is 3. The Morgan fingerprint density at radius 1 is 1.00 bits per heavy atom. The number of carbonyl (C=O) groups excluding carboxylic acids is 2. The lowest BCUT2D eigenvalue weighted by Gasteiger charge is -2.28. The highest BCUT2D eigenvalue weighted by atomic mass is 32.2. The smallest absolute Gasteiger partial charge is 0.262 e. The molecule has 1 N–H and O–H groups in total. The van der Waals surface area contributed by atoms with Gasteiger partial charge in [0.1, 0.15) is 0 Å². The maximum Gasteiger partial charge on any atom is 0.262 e. The molecule has 156 valence electrons. The van der Waals surface area contributed by atoms with Crippen molar-refractivity contribution in [2.45, 2.75) is 31.3 Å². The second-order valence-electron chi connectivity index (χ2n) is 7.70. The highest BCUT2D eigenvalue weighted by Crippen LogP contribution is 2.39. The zero-order chi connectivity index (χ0) is 21.8. The number of hydrogen-bond donors (Lipinski definition) is 1. The van der Waals surface area contributed by atoms with Gasteiger partial charge in [-0.25, -0.2) is 0 Å². The third kappa shape index (κ3) is 4.89. The van der Waals surface area contributed by atoms with E-state index in [1.54, 1.807) is 6.07 Å². The van der Waals surface area contributed by atoms with Crippen molar-refractivity contribution in [2.24, 2.45) is 0 Å². The second kappa shape index (κ2) is 9.23. The Balaban J connectivity index is 1.57. The summed E-state index contributed by atoms with van der Waals surface area (Å²) < 4.78 is 0. The molecule has 0 saturated heterocycles. The number of nitrogens with zero attached hydrogens (tertiary/aromatic N) is 1. The van der Waals surface area contributed by atoms with Gasteiger partial charge in [-0.15, -0.1) is 0 Å². The Labute approximate surface area is 187 Å². The molecule has 1 aliphatic heterocycles. The first-order valence-electron chi connectivity index (χ1n) is 10.3. The lowest BCUT2D eigenvalue weighted by atomic mass is 10.1. The topological polar surface area (TPSA) is 49.4 Å². The van der Waals surface area contributed by atoms with Gasteiger partial charge in [0.05, 0.1) is 10.6 Å². The molecular weight excluding hydrogens is 404 g/mol. The summed E-state index contributed by atoms with van der Waals surface area (Å²) in [5, 5.41) is 2.94. The Morgan fingerprint density at radius 3 is 2.35 bits per heavy atom. The van der Waals surface area contributed by atoms with Crippen molar-refractivity contribution in [1.29, 1.82) is 0 Å². The van der Waals surface area contributed by atoms with E-state index >= 15 is 0 Å². The highest BCUT2D eigenvalue weighted by molar-refractivity contribution is 8.04. The minimum absolute atomic E-state index is 0.0492. The number of nitrogens with one attached hydrogen (secondary N) is 1. The Morgan fingerprint density at radius 2 is 1.68 bits per heavy atom. The maximum absolute atomic E-state index is 13.3. The van der Waals surface area contributed by atoms with Crippen LogP contribution in [0.3, 0.4) is 0 Å². The first-order chi connectivity index (χ1) is 15.0. The molecule has 0 unspecified atom stereocenters. The number of anilines is 1. The van der Waals surface area contributed by atoms with Crippen LogP contribution in [0, 0.1) is 0 Å². The van der Waals surface area contributed by atoms with E-state index in [4.69, 9.17) is 0 Å². The number of rotatable bonds is 5. The number of amides is 2. The molecule has 0 saturated carbocycles. The average molecular weight is 429 g/mol. The molecule has 0 atom stereocenters. The molecule has 0 bridgehead atoms. The Hall–Kier alpha value is -3.31. The van der Waals surface area contributed by atoms with E-state index in [1.165, 1.54) is 11.8 Å². The van der Waals surface area contributed by atoms with Crippen molar-refractivity contribution in [3.8, 4) is 0 Å². The summed E-state index contributed by atoms with van der Waals surface area (Å²) in [6.07, 6.45) is 1.88. The van der Waals surface area contributed by atoms with Gasteiger partial charge in [-0.05, 0) is 49.2 Å². The molecule has 5 heteroatoms. The van der Waals surface area contributed by atoms with E-state index in [1.807, 2.05) is 97.6 Å². The van der Waals surface area contributed by atoms with E-state index in [0.29, 0.717) is 22.7 Å². The molecule has 0 radical (unpaired) electrons. The summed E-state index contributed by atoms with van der Waals surface area (Å²) in [6.45, 7) is 4.56. The van der Waals surface area contributed by atoms with Gasteiger partial charge in [0.15, 0.2) is 0 Å². The van der Waals surface area contributed by atoms with Crippen LogP contribution in [0.5, 0.6) is 0 Å². The van der Waals surface area contributed by atoms with E-state index < -0.39 is 0 Å². The van der Waals surface area contributed by atoms with Crippen molar-refractivity contribution in [3.05, 3.63) is 100 Å². The molecule has 4 nitrogen and oxygen atoms in total. The molecule has 1 heterocycles. The van der Waals surface area contributed by atoms with Gasteiger partial charge in [0.2, 0.25) is 0 Å². The zero-order valence-electron chi connectivity index (χ0n) is 17.5. The van der Waals surface area contributed by atoms with Crippen LogP contribution in [-0.4, -0.2) is 22.8 Å². The predicted molar refractivity (Wildman–Crippen MR) is 127 cm³/mol. The number of fused-ring (bicyclic) bond motifs is 1. The quantitative estimate of drug-likeness (QED) is 0.521. The Bertz CT molecular complexity index is 1120. The van der Waals surface area contributed by atoms with Crippen LogP contribution < -0.4 is 5.32 Å². The van der Waals surface area contributed by atoms with Crippen LogP contribution in [0.1, 0.15) is 35.3 Å². The lowest BCUT2D eigenvalue weighted by Crippen LogP contribution is -2.36. The predicted octanol–water partition coefficient (Wildman–Crippen LogP) is 5.82. The van der Waals surface area contributed by atoms with E-state index in [-0.39, 0.29) is 17.9 Å². The fraction of sp³-hybridized carbons (Fsp3) is 0.154. The highest BCUT2D eigenvalue weighted by Gasteiger charge is 2.24. The normalized spacial score (nSPS) is 14.3. The van der Waals surface area contributed by atoms with Gasteiger partial charge in [0, 0.05) is 23.0 Å². The maximum atomic E-state index is 13.3. The van der Waals surface area contributed by atoms with Crippen LogP contribution in [0.15, 0.2) is 88.7 Å². The number of thioether (sulfide) groups is 1. The molecule has 2 amide bonds. The van der Waals surface area contributed by atoms with Gasteiger partial charge >= 0.3 is 0 Å². The van der Waals surface area contributed by atoms with Gasteiger partial charge in [0.25, 0.3) is 11.8 Å². The molecule has 0 fully saturated rings. The molecule has 3 aromatic carbocycles. The van der Waals surface area contributed by atoms with Crippen LogP contribution in [0.2, 0.25) is 0 Å². The van der Waals surface area contributed by atoms with Crippen LogP contribution >= 0.6 is 11.8 Å². The first-order valence-corrected chi connectivity index (χ1v) is 11.1. The van der Waals surface area contributed by atoms with Gasteiger partial charge in [-0.3, -0.25) is 9.59 Å².